The molecule has 0 N–H and O–H groups in total. The van der Waals surface area contributed by atoms with Crippen LogP contribution in [0.1, 0.15) is 21.5 Å². The van der Waals surface area contributed by atoms with E-state index in [2.05, 4.69) is 23.7 Å². The maximum absolute atomic E-state index is 13.3. The molecule has 1 aliphatic rings. The number of morpholine rings is 1. The minimum atomic E-state index is -0.0551. The fourth-order valence-electron chi connectivity index (χ4n) is 3.61. The Kier molecular flexibility index (Phi) is 5.01. The minimum Gasteiger partial charge on any atom is -0.378 e. The van der Waals surface area contributed by atoms with Gasteiger partial charge in [-0.2, -0.15) is 0 Å². The number of carbonyl (C=O) groups is 1. The van der Waals surface area contributed by atoms with Gasteiger partial charge in [-0.1, -0.05) is 30.3 Å². The molecule has 0 bridgehead atoms. The van der Waals surface area contributed by atoms with E-state index < -0.39 is 0 Å². The van der Waals surface area contributed by atoms with Crippen LogP contribution in [0.4, 0.5) is 11.5 Å². The van der Waals surface area contributed by atoms with Crippen molar-refractivity contribution in [2.24, 2.45) is 0 Å². The summed E-state index contributed by atoms with van der Waals surface area (Å²) in [7, 11) is 1.82. The molecule has 3 aromatic rings. The van der Waals surface area contributed by atoms with E-state index in [0.29, 0.717) is 18.8 Å². The third kappa shape index (κ3) is 3.34. The van der Waals surface area contributed by atoms with E-state index in [9.17, 15) is 4.79 Å². The molecule has 5 heteroatoms. The molecule has 1 aliphatic heterocycles. The van der Waals surface area contributed by atoms with Gasteiger partial charge in [-0.15, -0.1) is 0 Å². The summed E-state index contributed by atoms with van der Waals surface area (Å²) in [6.07, 6.45) is 1.72. The summed E-state index contributed by atoms with van der Waals surface area (Å²) in [6.45, 7) is 7.16. The van der Waals surface area contributed by atoms with Gasteiger partial charge in [-0.3, -0.25) is 4.79 Å². The van der Waals surface area contributed by atoms with Crippen LogP contribution in [0.15, 0.2) is 48.7 Å². The van der Waals surface area contributed by atoms with Crippen molar-refractivity contribution in [3.63, 3.8) is 0 Å². The van der Waals surface area contributed by atoms with E-state index in [4.69, 9.17) is 4.74 Å². The van der Waals surface area contributed by atoms with Crippen LogP contribution in [0.2, 0.25) is 0 Å². The molecule has 0 spiro atoms. The Bertz CT molecular complexity index is 1030. The van der Waals surface area contributed by atoms with Crippen molar-refractivity contribution in [2.75, 3.05) is 43.2 Å². The zero-order chi connectivity index (χ0) is 19.7. The lowest BCUT2D eigenvalue weighted by molar-refractivity contribution is 0.0994. The molecule has 4 rings (SSSR count). The third-order valence-electron chi connectivity index (χ3n) is 5.50. The van der Waals surface area contributed by atoms with E-state index in [1.54, 1.807) is 11.1 Å². The Morgan fingerprint density at radius 3 is 2.46 bits per heavy atom. The lowest BCUT2D eigenvalue weighted by Crippen LogP contribution is -2.37. The first kappa shape index (κ1) is 18.4. The van der Waals surface area contributed by atoms with Crippen LogP contribution in [0.5, 0.6) is 0 Å². The van der Waals surface area contributed by atoms with E-state index in [1.807, 2.05) is 49.5 Å². The van der Waals surface area contributed by atoms with Gasteiger partial charge in [0, 0.05) is 37.4 Å². The molecule has 1 amide bonds. The summed E-state index contributed by atoms with van der Waals surface area (Å²) in [4.78, 5) is 21.9. The second-order valence-electron chi connectivity index (χ2n) is 7.27. The highest BCUT2D eigenvalue weighted by Gasteiger charge is 2.21. The van der Waals surface area contributed by atoms with Crippen molar-refractivity contribution < 1.29 is 9.53 Å². The van der Waals surface area contributed by atoms with E-state index in [-0.39, 0.29) is 5.91 Å². The number of amides is 1. The lowest BCUT2D eigenvalue weighted by Gasteiger charge is -2.29. The van der Waals surface area contributed by atoms with Gasteiger partial charge >= 0.3 is 0 Å². The number of aromatic nitrogens is 1. The number of nitrogens with zero attached hydrogens (tertiary/aromatic N) is 3. The van der Waals surface area contributed by atoms with Crippen LogP contribution >= 0.6 is 0 Å². The van der Waals surface area contributed by atoms with Crippen LogP contribution in [0.3, 0.4) is 0 Å². The number of pyridine rings is 1. The number of anilines is 2. The average molecular weight is 375 g/mol. The number of carbonyl (C=O) groups excluding carboxylic acids is 1. The molecular formula is C23H25N3O2. The van der Waals surface area contributed by atoms with Gasteiger partial charge in [-0.05, 0) is 42.5 Å². The Morgan fingerprint density at radius 2 is 1.75 bits per heavy atom. The zero-order valence-electron chi connectivity index (χ0n) is 16.6. The first-order chi connectivity index (χ1) is 13.6. The zero-order valence-corrected chi connectivity index (χ0v) is 16.6. The summed E-state index contributed by atoms with van der Waals surface area (Å²) >= 11 is 0. The monoisotopic (exact) mass is 375 g/mol. The lowest BCUT2D eigenvalue weighted by atomic mass is 10.0. The highest BCUT2D eigenvalue weighted by molar-refractivity contribution is 6.15. The molecule has 144 valence electrons. The maximum Gasteiger partial charge on any atom is 0.260 e. The molecule has 0 saturated carbocycles. The molecule has 1 aromatic heterocycles. The summed E-state index contributed by atoms with van der Waals surface area (Å²) in [5.74, 6) is 0.866. The van der Waals surface area contributed by atoms with E-state index in [0.717, 1.165) is 35.4 Å². The molecule has 5 nitrogen and oxygen atoms in total. The molecule has 1 saturated heterocycles. The topological polar surface area (TPSA) is 45.7 Å². The molecule has 2 aromatic carbocycles. The number of hydrogen-bond donors (Lipinski definition) is 0. The molecule has 0 radical (unpaired) electrons. The molecular weight excluding hydrogens is 350 g/mol. The fourth-order valence-corrected chi connectivity index (χ4v) is 3.61. The molecule has 0 aliphatic carbocycles. The van der Waals surface area contributed by atoms with E-state index >= 15 is 0 Å². The first-order valence-corrected chi connectivity index (χ1v) is 9.62. The highest BCUT2D eigenvalue weighted by Crippen LogP contribution is 2.29. The van der Waals surface area contributed by atoms with Crippen molar-refractivity contribution in [1.29, 1.82) is 0 Å². The maximum atomic E-state index is 13.3. The van der Waals surface area contributed by atoms with Crippen LogP contribution < -0.4 is 9.80 Å². The average Bonchev–Trinajstić information content (AvgIpc) is 2.74. The van der Waals surface area contributed by atoms with Crippen molar-refractivity contribution in [2.45, 2.75) is 13.8 Å². The summed E-state index contributed by atoms with van der Waals surface area (Å²) < 4.78 is 5.46. The van der Waals surface area contributed by atoms with Crippen LogP contribution in [-0.2, 0) is 4.74 Å². The number of hydrogen-bond acceptors (Lipinski definition) is 4. The molecule has 2 heterocycles. The van der Waals surface area contributed by atoms with Crippen molar-refractivity contribution in [3.05, 3.63) is 65.4 Å². The van der Waals surface area contributed by atoms with Gasteiger partial charge in [0.15, 0.2) is 0 Å². The summed E-state index contributed by atoms with van der Waals surface area (Å²) in [5, 5.41) is 1.93. The van der Waals surface area contributed by atoms with Gasteiger partial charge in [-0.25, -0.2) is 4.98 Å². The van der Waals surface area contributed by atoms with Gasteiger partial charge in [0.05, 0.1) is 18.8 Å². The number of benzene rings is 2. The number of aryl methyl sites for hydroxylation is 2. The Hall–Kier alpha value is -2.92. The quantitative estimate of drug-likeness (QED) is 0.695. The molecule has 0 atom stereocenters. The SMILES string of the molecule is Cc1ccc(N(C)C(=O)c2cnc(N3CCOCC3)c3ccccc23)cc1C. The fraction of sp³-hybridized carbons (Fsp3) is 0.304. The molecule has 0 unspecified atom stereocenters. The van der Waals surface area contributed by atoms with Crippen LogP contribution in [0, 0.1) is 13.8 Å². The van der Waals surface area contributed by atoms with Crippen LogP contribution in [0.25, 0.3) is 10.8 Å². The normalized spacial score (nSPS) is 14.3. The second kappa shape index (κ2) is 7.60. The largest absolute Gasteiger partial charge is 0.378 e. The van der Waals surface area contributed by atoms with E-state index in [1.165, 1.54) is 11.1 Å². The number of rotatable bonds is 3. The van der Waals surface area contributed by atoms with Crippen molar-refractivity contribution >= 4 is 28.2 Å². The summed E-state index contributed by atoms with van der Waals surface area (Å²) in [6, 6.07) is 14.1. The Labute approximate surface area is 165 Å². The Balaban J connectivity index is 1.74. The highest BCUT2D eigenvalue weighted by atomic mass is 16.5. The van der Waals surface area contributed by atoms with Gasteiger partial charge in [0.1, 0.15) is 5.82 Å². The van der Waals surface area contributed by atoms with Gasteiger partial charge in [0.25, 0.3) is 5.91 Å². The molecule has 1 fully saturated rings. The number of ether oxygens (including phenoxy) is 1. The molecule has 28 heavy (non-hydrogen) atoms. The van der Waals surface area contributed by atoms with Crippen molar-refractivity contribution in [1.82, 2.24) is 4.98 Å². The van der Waals surface area contributed by atoms with Gasteiger partial charge < -0.3 is 14.5 Å². The number of fused-ring (bicyclic) bond motifs is 1. The Morgan fingerprint density at radius 1 is 1.04 bits per heavy atom. The van der Waals surface area contributed by atoms with Crippen molar-refractivity contribution in [3.8, 4) is 0 Å². The minimum absolute atomic E-state index is 0.0551. The summed E-state index contributed by atoms with van der Waals surface area (Å²) in [5.41, 5.74) is 3.89. The van der Waals surface area contributed by atoms with Crippen LogP contribution in [-0.4, -0.2) is 44.2 Å². The van der Waals surface area contributed by atoms with Gasteiger partial charge in [0.2, 0.25) is 0 Å². The smallest absolute Gasteiger partial charge is 0.260 e. The first-order valence-electron chi connectivity index (χ1n) is 9.62. The second-order valence-corrected chi connectivity index (χ2v) is 7.27. The predicted octanol–water partition coefficient (Wildman–Crippen LogP) is 3.96. The standard InChI is InChI=1S/C23H25N3O2/c1-16-8-9-18(14-17(16)2)25(3)23(27)21-15-24-22(26-10-12-28-13-11-26)20-7-5-4-6-19(20)21/h4-9,14-15H,10-13H2,1-3H3. The predicted molar refractivity (Wildman–Crippen MR) is 113 cm³/mol. The third-order valence-corrected chi connectivity index (χ3v) is 5.50.